The van der Waals surface area contributed by atoms with Gasteiger partial charge in [0.05, 0.1) is 11.7 Å². The van der Waals surface area contributed by atoms with Crippen LogP contribution in [0.25, 0.3) is 0 Å². The average molecular weight is 474 g/mol. The molecule has 2 aromatic rings. The zero-order chi connectivity index (χ0) is 23.9. The van der Waals surface area contributed by atoms with E-state index in [-0.39, 0.29) is 24.1 Å². The predicted octanol–water partition coefficient (Wildman–Crippen LogP) is 4.10. The second-order valence-corrected chi connectivity index (χ2v) is 10.1. The normalized spacial score (nSPS) is 24.1. The lowest BCUT2D eigenvalue weighted by atomic mass is 9.98. The highest BCUT2D eigenvalue weighted by Gasteiger charge is 2.47. The summed E-state index contributed by atoms with van der Waals surface area (Å²) in [6, 6.07) is 5.29. The molecule has 2 aliphatic rings. The summed E-state index contributed by atoms with van der Waals surface area (Å²) >= 11 is 6.39. The molecule has 3 atom stereocenters. The minimum absolute atomic E-state index is 0.119. The van der Waals surface area contributed by atoms with Crippen LogP contribution in [-0.4, -0.2) is 42.2 Å². The Labute approximate surface area is 199 Å². The summed E-state index contributed by atoms with van der Waals surface area (Å²) in [6.07, 6.45) is 2.31. The number of amides is 1. The zero-order valence-corrected chi connectivity index (χ0v) is 20.6. The molecule has 1 aliphatic carbocycles. The minimum atomic E-state index is -0.683. The maximum atomic E-state index is 13.2. The van der Waals surface area contributed by atoms with Crippen molar-refractivity contribution >= 4 is 17.5 Å². The van der Waals surface area contributed by atoms with Gasteiger partial charge in [-0.05, 0) is 71.0 Å². The van der Waals surface area contributed by atoms with Crippen molar-refractivity contribution in [2.75, 3.05) is 20.6 Å². The number of hydrogen-bond donors (Lipinski definition) is 2. The zero-order valence-electron chi connectivity index (χ0n) is 19.9. The summed E-state index contributed by atoms with van der Waals surface area (Å²) in [6.45, 7) is 6.74. The number of ether oxygens (including phenoxy) is 2. The second kappa shape index (κ2) is 9.12. The average Bonchev–Trinajstić information content (AvgIpc) is 3.06. The molecule has 1 saturated carbocycles. The Kier molecular flexibility index (Phi) is 6.58. The molecule has 2 heterocycles. The van der Waals surface area contributed by atoms with E-state index >= 15 is 0 Å². The van der Waals surface area contributed by atoms with Crippen molar-refractivity contribution in [3.63, 3.8) is 0 Å². The fourth-order valence-electron chi connectivity index (χ4n) is 5.20. The van der Waals surface area contributed by atoms with Crippen LogP contribution in [0.2, 0.25) is 5.02 Å². The third kappa shape index (κ3) is 4.95. The molecule has 1 aliphatic heterocycles. The van der Waals surface area contributed by atoms with Gasteiger partial charge in [-0.2, -0.15) is 0 Å². The van der Waals surface area contributed by atoms with E-state index < -0.39 is 5.79 Å². The van der Waals surface area contributed by atoms with Crippen molar-refractivity contribution in [2.45, 2.75) is 58.5 Å². The Morgan fingerprint density at radius 3 is 2.76 bits per heavy atom. The molecule has 1 aromatic carbocycles. The third-order valence-electron chi connectivity index (χ3n) is 6.52. The van der Waals surface area contributed by atoms with Gasteiger partial charge in [-0.25, -0.2) is 0 Å². The second-order valence-electron chi connectivity index (χ2n) is 9.63. The van der Waals surface area contributed by atoms with E-state index in [0.717, 1.165) is 37.1 Å². The molecule has 4 rings (SSSR count). The molecule has 0 bridgehead atoms. The van der Waals surface area contributed by atoms with Crippen molar-refractivity contribution in [3.8, 4) is 5.75 Å². The Hall–Kier alpha value is -2.35. The Bertz CT molecular complexity index is 1130. The Morgan fingerprint density at radius 1 is 1.30 bits per heavy atom. The van der Waals surface area contributed by atoms with Crippen LogP contribution in [0.1, 0.15) is 65.0 Å². The number of aromatic nitrogens is 1. The molecule has 2 N–H and O–H groups in total. The first-order valence-electron chi connectivity index (χ1n) is 11.4. The van der Waals surface area contributed by atoms with Crippen LogP contribution in [-0.2, 0) is 11.3 Å². The fraction of sp³-hybridized carbons (Fsp3) is 0.520. The largest absolute Gasteiger partial charge is 0.462 e. The number of carbonyl (C=O) groups excluding carboxylic acids is 1. The maximum absolute atomic E-state index is 13.2. The number of hydrogen-bond acceptors (Lipinski definition) is 5. The van der Waals surface area contributed by atoms with E-state index in [1.807, 2.05) is 26.8 Å². The third-order valence-corrected chi connectivity index (χ3v) is 6.74. The number of H-pyrrole nitrogens is 1. The molecule has 7 nitrogen and oxygen atoms in total. The Morgan fingerprint density at radius 2 is 2.06 bits per heavy atom. The first-order chi connectivity index (χ1) is 15.6. The number of aromatic amines is 1. The summed E-state index contributed by atoms with van der Waals surface area (Å²) in [7, 11) is 4.14. The van der Waals surface area contributed by atoms with Crippen molar-refractivity contribution < 1.29 is 14.3 Å². The number of benzene rings is 1. The minimum Gasteiger partial charge on any atom is -0.462 e. The van der Waals surface area contributed by atoms with Gasteiger partial charge in [0.1, 0.15) is 5.75 Å². The predicted molar refractivity (Wildman–Crippen MR) is 128 cm³/mol. The lowest BCUT2D eigenvalue weighted by Crippen LogP contribution is -2.42. The van der Waals surface area contributed by atoms with Crippen molar-refractivity contribution in [1.82, 2.24) is 15.2 Å². The summed E-state index contributed by atoms with van der Waals surface area (Å²) in [5.41, 5.74) is 3.05. The summed E-state index contributed by atoms with van der Waals surface area (Å²) in [5, 5.41) is 3.30. The molecule has 178 valence electrons. The van der Waals surface area contributed by atoms with Gasteiger partial charge in [0, 0.05) is 47.8 Å². The van der Waals surface area contributed by atoms with E-state index in [1.54, 1.807) is 12.1 Å². The summed E-state index contributed by atoms with van der Waals surface area (Å²) < 4.78 is 12.8. The van der Waals surface area contributed by atoms with Crippen molar-refractivity contribution in [2.24, 2.45) is 5.92 Å². The monoisotopic (exact) mass is 473 g/mol. The maximum Gasteiger partial charge on any atom is 0.253 e. The lowest BCUT2D eigenvalue weighted by Gasteiger charge is -2.40. The van der Waals surface area contributed by atoms with E-state index in [1.165, 1.54) is 0 Å². The number of halogens is 1. The van der Waals surface area contributed by atoms with Crippen LogP contribution in [0.4, 0.5) is 0 Å². The Balaban J connectivity index is 1.57. The SMILES string of the molecule is Cc1cc(C)c(CNC(=O)c2cc(Cl)cc3c2C(C)OC2(CCC(CN(C)C)C2)O3)c(=O)[nH]1. The molecule has 1 amide bonds. The summed E-state index contributed by atoms with van der Waals surface area (Å²) in [5.74, 6) is 0.0884. The summed E-state index contributed by atoms with van der Waals surface area (Å²) in [4.78, 5) is 30.4. The van der Waals surface area contributed by atoms with Crippen LogP contribution in [0.15, 0.2) is 23.0 Å². The standard InChI is InChI=1S/C25H32ClN3O4/c1-14-8-15(2)28-24(31)20(14)12-27-23(30)19-9-18(26)10-21-22(19)16(3)32-25(33-21)7-6-17(11-25)13-29(4)5/h8-10,16-17H,6-7,11-13H2,1-5H3,(H,27,30)(H,28,31). The van der Waals surface area contributed by atoms with Crippen molar-refractivity contribution in [1.29, 1.82) is 0 Å². The van der Waals surface area contributed by atoms with Gasteiger partial charge in [0.15, 0.2) is 0 Å². The van der Waals surface area contributed by atoms with Gasteiger partial charge >= 0.3 is 0 Å². The molecule has 1 spiro atoms. The number of fused-ring (bicyclic) bond motifs is 1. The molecule has 8 heteroatoms. The van der Waals surface area contributed by atoms with Crippen LogP contribution in [0, 0.1) is 19.8 Å². The molecular weight excluding hydrogens is 442 g/mol. The van der Waals surface area contributed by atoms with Crippen LogP contribution in [0.5, 0.6) is 5.75 Å². The number of carbonyl (C=O) groups is 1. The molecule has 0 saturated heterocycles. The lowest BCUT2D eigenvalue weighted by molar-refractivity contribution is -0.223. The van der Waals surface area contributed by atoms with Gasteiger partial charge in [-0.15, -0.1) is 0 Å². The molecular formula is C25H32ClN3O4. The number of nitrogens with one attached hydrogen (secondary N) is 2. The van der Waals surface area contributed by atoms with Gasteiger partial charge in [-0.1, -0.05) is 11.6 Å². The molecule has 0 radical (unpaired) electrons. The number of rotatable bonds is 5. The van der Waals surface area contributed by atoms with E-state index in [2.05, 4.69) is 29.3 Å². The van der Waals surface area contributed by atoms with Gasteiger partial charge in [-0.3, -0.25) is 9.59 Å². The number of pyridine rings is 1. The smallest absolute Gasteiger partial charge is 0.253 e. The van der Waals surface area contributed by atoms with Crippen LogP contribution < -0.4 is 15.6 Å². The number of aryl methyl sites for hydroxylation is 2. The topological polar surface area (TPSA) is 83.7 Å². The van der Waals surface area contributed by atoms with Crippen LogP contribution >= 0.6 is 11.6 Å². The molecule has 1 aromatic heterocycles. The van der Waals surface area contributed by atoms with Crippen LogP contribution in [0.3, 0.4) is 0 Å². The quantitative estimate of drug-likeness (QED) is 0.683. The fourth-order valence-corrected chi connectivity index (χ4v) is 5.40. The van der Waals surface area contributed by atoms with E-state index in [9.17, 15) is 9.59 Å². The van der Waals surface area contributed by atoms with E-state index in [4.69, 9.17) is 21.1 Å². The first-order valence-corrected chi connectivity index (χ1v) is 11.8. The molecule has 3 unspecified atom stereocenters. The highest BCUT2D eigenvalue weighted by atomic mass is 35.5. The first kappa shape index (κ1) is 23.8. The highest BCUT2D eigenvalue weighted by molar-refractivity contribution is 6.31. The molecule has 1 fully saturated rings. The van der Waals surface area contributed by atoms with Gasteiger partial charge in [0.25, 0.3) is 11.5 Å². The van der Waals surface area contributed by atoms with Crippen molar-refractivity contribution in [3.05, 3.63) is 61.5 Å². The highest BCUT2D eigenvalue weighted by Crippen LogP contribution is 2.49. The van der Waals surface area contributed by atoms with Gasteiger partial charge < -0.3 is 24.7 Å². The number of nitrogens with zero attached hydrogens (tertiary/aromatic N) is 1. The van der Waals surface area contributed by atoms with E-state index in [0.29, 0.717) is 33.4 Å². The molecule has 33 heavy (non-hydrogen) atoms. The van der Waals surface area contributed by atoms with Gasteiger partial charge in [0.2, 0.25) is 5.79 Å².